The highest BCUT2D eigenvalue weighted by molar-refractivity contribution is 5.84. The lowest BCUT2D eigenvalue weighted by Gasteiger charge is -2.56. The molecule has 2 N–H and O–H groups in total. The largest absolute Gasteiger partial charge is 0.383 e. The molecule has 0 aromatic rings. The summed E-state index contributed by atoms with van der Waals surface area (Å²) in [6.45, 7) is 1.01. The van der Waals surface area contributed by atoms with Crippen LogP contribution < -0.4 is 10.6 Å². The minimum Gasteiger partial charge on any atom is -0.383 e. The average Bonchev–Trinajstić information content (AvgIpc) is 2.43. The van der Waals surface area contributed by atoms with Crippen molar-refractivity contribution in [2.24, 2.45) is 17.8 Å². The van der Waals surface area contributed by atoms with Crippen molar-refractivity contribution in [1.82, 2.24) is 10.6 Å². The van der Waals surface area contributed by atoms with Crippen LogP contribution >= 0.6 is 0 Å². The Hall–Kier alpha value is -1.10. The van der Waals surface area contributed by atoms with E-state index in [0.29, 0.717) is 19.6 Å². The molecule has 0 aromatic carbocycles. The van der Waals surface area contributed by atoms with Crippen molar-refractivity contribution in [3.8, 4) is 0 Å². The Balaban J connectivity index is 1.43. The van der Waals surface area contributed by atoms with E-state index in [1.807, 2.05) is 0 Å². The zero-order chi connectivity index (χ0) is 15.6. The number of rotatable bonds is 7. The van der Waals surface area contributed by atoms with E-state index in [9.17, 15) is 9.59 Å². The lowest BCUT2D eigenvalue weighted by atomic mass is 9.53. The molecule has 22 heavy (non-hydrogen) atoms. The first-order valence-electron chi connectivity index (χ1n) is 8.65. The van der Waals surface area contributed by atoms with E-state index in [2.05, 4.69) is 10.6 Å². The molecule has 5 nitrogen and oxygen atoms in total. The Morgan fingerprint density at radius 3 is 2.09 bits per heavy atom. The van der Waals surface area contributed by atoms with Crippen molar-refractivity contribution in [1.29, 1.82) is 0 Å². The maximum atomic E-state index is 12.2. The van der Waals surface area contributed by atoms with Gasteiger partial charge in [0, 0.05) is 32.0 Å². The first-order valence-corrected chi connectivity index (χ1v) is 8.65. The number of amides is 2. The second kappa shape index (κ2) is 6.57. The summed E-state index contributed by atoms with van der Waals surface area (Å²) >= 11 is 0. The maximum Gasteiger partial charge on any atom is 0.220 e. The number of carbonyl (C=O) groups excluding carboxylic acids is 2. The van der Waals surface area contributed by atoms with Crippen molar-refractivity contribution >= 4 is 11.8 Å². The third-order valence-electron chi connectivity index (χ3n) is 5.65. The van der Waals surface area contributed by atoms with Crippen LogP contribution in [0.15, 0.2) is 0 Å². The van der Waals surface area contributed by atoms with Gasteiger partial charge in [0.2, 0.25) is 11.8 Å². The van der Waals surface area contributed by atoms with E-state index in [1.54, 1.807) is 7.11 Å². The molecule has 0 atom stereocenters. The number of ether oxygens (including phenoxy) is 1. The van der Waals surface area contributed by atoms with Crippen LogP contribution in [0.2, 0.25) is 0 Å². The van der Waals surface area contributed by atoms with Gasteiger partial charge in [-0.25, -0.2) is 0 Å². The van der Waals surface area contributed by atoms with E-state index < -0.39 is 0 Å². The molecule has 2 amide bonds. The minimum atomic E-state index is -0.0716. The molecule has 4 saturated carbocycles. The van der Waals surface area contributed by atoms with E-state index in [-0.39, 0.29) is 23.8 Å². The van der Waals surface area contributed by atoms with Crippen molar-refractivity contribution in [2.45, 2.75) is 56.9 Å². The van der Waals surface area contributed by atoms with Gasteiger partial charge in [-0.05, 0) is 56.3 Å². The fourth-order valence-electron chi connectivity index (χ4n) is 5.23. The maximum absolute atomic E-state index is 12.2. The molecular weight excluding hydrogens is 280 g/mol. The van der Waals surface area contributed by atoms with Gasteiger partial charge in [-0.3, -0.25) is 9.59 Å². The molecule has 124 valence electrons. The van der Waals surface area contributed by atoms with Crippen LogP contribution in [0.25, 0.3) is 0 Å². The molecule has 0 spiro atoms. The molecule has 0 radical (unpaired) electrons. The Bertz CT molecular complexity index is 400. The van der Waals surface area contributed by atoms with Crippen molar-refractivity contribution in [3.05, 3.63) is 0 Å². The molecule has 0 unspecified atom stereocenters. The molecular formula is C17H28N2O3. The van der Waals surface area contributed by atoms with Crippen LogP contribution in [0.5, 0.6) is 0 Å². The summed E-state index contributed by atoms with van der Waals surface area (Å²) in [4.78, 5) is 23.9. The van der Waals surface area contributed by atoms with Gasteiger partial charge >= 0.3 is 0 Å². The lowest BCUT2D eigenvalue weighted by molar-refractivity contribution is -0.130. The first-order chi connectivity index (χ1) is 10.6. The van der Waals surface area contributed by atoms with Gasteiger partial charge in [-0.1, -0.05) is 0 Å². The average molecular weight is 308 g/mol. The number of hydrogen-bond acceptors (Lipinski definition) is 3. The van der Waals surface area contributed by atoms with Gasteiger partial charge in [0.05, 0.1) is 6.61 Å². The summed E-state index contributed by atoms with van der Waals surface area (Å²) < 4.78 is 4.88. The molecule has 0 saturated heterocycles. The van der Waals surface area contributed by atoms with E-state index in [0.717, 1.165) is 37.0 Å². The van der Waals surface area contributed by atoms with Gasteiger partial charge in [-0.15, -0.1) is 0 Å². The number of carbonyl (C=O) groups is 2. The minimum absolute atomic E-state index is 0.0452. The van der Waals surface area contributed by atoms with Crippen LogP contribution in [0.4, 0.5) is 0 Å². The molecule has 0 heterocycles. The number of methoxy groups -OCH3 is 1. The highest BCUT2D eigenvalue weighted by Crippen LogP contribution is 2.55. The monoisotopic (exact) mass is 308 g/mol. The Kier molecular flexibility index (Phi) is 4.71. The van der Waals surface area contributed by atoms with Crippen LogP contribution in [0, 0.1) is 17.8 Å². The summed E-state index contributed by atoms with van der Waals surface area (Å²) in [5.41, 5.74) is 0.0539. The molecule has 0 aliphatic heterocycles. The van der Waals surface area contributed by atoms with Crippen LogP contribution in [-0.4, -0.2) is 37.6 Å². The standard InChI is InChI=1S/C17H28N2O3/c1-22-5-4-18-15(20)2-3-16(21)19-17-9-12-6-13(10-17)8-14(7-12)11-17/h12-14H,2-11H2,1H3,(H,18,20)(H,19,21). The number of nitrogens with one attached hydrogen (secondary N) is 2. The second-order valence-corrected chi connectivity index (χ2v) is 7.59. The fraction of sp³-hybridized carbons (Fsp3) is 0.882. The highest BCUT2D eigenvalue weighted by Gasteiger charge is 2.51. The Morgan fingerprint density at radius 2 is 1.55 bits per heavy atom. The first kappa shape index (κ1) is 15.8. The van der Waals surface area contributed by atoms with Gasteiger partial charge in [0.15, 0.2) is 0 Å². The topological polar surface area (TPSA) is 67.4 Å². The number of hydrogen-bond donors (Lipinski definition) is 2. The van der Waals surface area contributed by atoms with E-state index in [4.69, 9.17) is 4.74 Å². The Morgan fingerprint density at radius 1 is 1.00 bits per heavy atom. The summed E-state index contributed by atoms with van der Waals surface area (Å²) in [6.07, 6.45) is 8.15. The zero-order valence-corrected chi connectivity index (χ0v) is 13.5. The molecule has 5 heteroatoms. The Labute approximate surface area is 132 Å². The van der Waals surface area contributed by atoms with E-state index in [1.165, 1.54) is 19.3 Å². The van der Waals surface area contributed by atoms with Crippen molar-refractivity contribution in [2.75, 3.05) is 20.3 Å². The van der Waals surface area contributed by atoms with Crippen LogP contribution in [0.1, 0.15) is 51.4 Å². The summed E-state index contributed by atoms with van der Waals surface area (Å²) in [6, 6.07) is 0. The van der Waals surface area contributed by atoms with Crippen molar-refractivity contribution < 1.29 is 14.3 Å². The van der Waals surface area contributed by atoms with Crippen molar-refractivity contribution in [3.63, 3.8) is 0 Å². The molecule has 0 aromatic heterocycles. The third kappa shape index (κ3) is 3.62. The molecule has 4 rings (SSSR count). The molecule has 4 fully saturated rings. The van der Waals surface area contributed by atoms with Gasteiger partial charge in [0.25, 0.3) is 0 Å². The van der Waals surface area contributed by atoms with Gasteiger partial charge < -0.3 is 15.4 Å². The second-order valence-electron chi connectivity index (χ2n) is 7.59. The van der Waals surface area contributed by atoms with Gasteiger partial charge in [-0.2, -0.15) is 0 Å². The van der Waals surface area contributed by atoms with Crippen LogP contribution in [0.3, 0.4) is 0 Å². The lowest BCUT2D eigenvalue weighted by Crippen LogP contribution is -2.59. The zero-order valence-electron chi connectivity index (χ0n) is 13.5. The van der Waals surface area contributed by atoms with E-state index >= 15 is 0 Å². The third-order valence-corrected chi connectivity index (χ3v) is 5.65. The predicted octanol–water partition coefficient (Wildman–Crippen LogP) is 1.61. The highest BCUT2D eigenvalue weighted by atomic mass is 16.5. The molecule has 4 bridgehead atoms. The normalized spacial score (nSPS) is 35.4. The quantitative estimate of drug-likeness (QED) is 0.702. The summed E-state index contributed by atoms with van der Waals surface area (Å²) in [7, 11) is 1.60. The SMILES string of the molecule is COCCNC(=O)CCC(=O)NC12CC3CC(CC(C3)C1)C2. The smallest absolute Gasteiger partial charge is 0.220 e. The molecule has 4 aliphatic rings. The van der Waals surface area contributed by atoms with Crippen LogP contribution in [-0.2, 0) is 14.3 Å². The predicted molar refractivity (Wildman–Crippen MR) is 83.2 cm³/mol. The fourth-order valence-corrected chi connectivity index (χ4v) is 5.23. The molecule has 4 aliphatic carbocycles. The summed E-state index contributed by atoms with van der Waals surface area (Å²) in [5.74, 6) is 2.44. The summed E-state index contributed by atoms with van der Waals surface area (Å²) in [5, 5.41) is 6.06. The van der Waals surface area contributed by atoms with Gasteiger partial charge in [0.1, 0.15) is 0 Å².